The smallest absolute Gasteiger partial charge is 0.354 e. The topological polar surface area (TPSA) is 71.5 Å². The van der Waals surface area contributed by atoms with Crippen molar-refractivity contribution in [1.82, 2.24) is 4.98 Å². The van der Waals surface area contributed by atoms with Crippen LogP contribution in [0, 0.1) is 0 Å². The van der Waals surface area contributed by atoms with Crippen molar-refractivity contribution in [3.63, 3.8) is 0 Å². The highest BCUT2D eigenvalue weighted by molar-refractivity contribution is 5.85. The predicted molar refractivity (Wildman–Crippen MR) is 63.3 cm³/mol. The molecule has 1 aliphatic rings. The molecule has 2 atom stereocenters. The molecule has 0 aromatic carbocycles. The third kappa shape index (κ3) is 2.74. The Balaban J connectivity index is 2.01. The molecule has 0 aliphatic heterocycles. The number of carboxylic acids is 1. The number of pyridine rings is 1. The second-order valence-corrected chi connectivity index (χ2v) is 4.19. The summed E-state index contributed by atoms with van der Waals surface area (Å²) in [5, 5.41) is 12.1. The van der Waals surface area contributed by atoms with Gasteiger partial charge in [0.2, 0.25) is 0 Å². The molecule has 2 N–H and O–H groups in total. The molecule has 1 saturated carbocycles. The molecule has 0 radical (unpaired) electrons. The molecule has 92 valence electrons. The summed E-state index contributed by atoms with van der Waals surface area (Å²) >= 11 is 0. The summed E-state index contributed by atoms with van der Waals surface area (Å²) in [4.78, 5) is 14.5. The van der Waals surface area contributed by atoms with Crippen molar-refractivity contribution in [2.75, 3.05) is 12.4 Å². The van der Waals surface area contributed by atoms with Crippen molar-refractivity contribution in [3.05, 3.63) is 24.0 Å². The first-order valence-electron chi connectivity index (χ1n) is 5.69. The minimum atomic E-state index is -1.01. The lowest BCUT2D eigenvalue weighted by atomic mass is 10.2. The lowest BCUT2D eigenvalue weighted by Crippen LogP contribution is -2.29. The summed E-state index contributed by atoms with van der Waals surface area (Å²) in [7, 11) is 1.72. The van der Waals surface area contributed by atoms with Gasteiger partial charge < -0.3 is 15.2 Å². The van der Waals surface area contributed by atoms with Gasteiger partial charge in [0.05, 0.1) is 24.0 Å². The maximum absolute atomic E-state index is 10.7. The molecule has 0 saturated heterocycles. The summed E-state index contributed by atoms with van der Waals surface area (Å²) in [5.74, 6) is -1.01. The van der Waals surface area contributed by atoms with Crippen molar-refractivity contribution < 1.29 is 14.6 Å². The molecule has 0 spiro atoms. The Kier molecular flexibility index (Phi) is 3.58. The quantitative estimate of drug-likeness (QED) is 0.833. The van der Waals surface area contributed by atoms with E-state index < -0.39 is 5.97 Å². The SMILES string of the molecule is COC1CCCC1Nc1ccc(C(=O)O)nc1. The van der Waals surface area contributed by atoms with Gasteiger partial charge in [0.25, 0.3) is 0 Å². The molecule has 17 heavy (non-hydrogen) atoms. The summed E-state index contributed by atoms with van der Waals surface area (Å²) in [6, 6.07) is 3.53. The van der Waals surface area contributed by atoms with Crippen LogP contribution in [-0.2, 0) is 4.74 Å². The van der Waals surface area contributed by atoms with Crippen LogP contribution in [0.2, 0.25) is 0 Å². The van der Waals surface area contributed by atoms with E-state index in [-0.39, 0.29) is 17.8 Å². The van der Waals surface area contributed by atoms with Crippen molar-refractivity contribution in [3.8, 4) is 0 Å². The molecule has 2 unspecified atom stereocenters. The van der Waals surface area contributed by atoms with Gasteiger partial charge in [-0.2, -0.15) is 0 Å². The zero-order valence-corrected chi connectivity index (χ0v) is 9.72. The first kappa shape index (κ1) is 11.9. The number of methoxy groups -OCH3 is 1. The molecule has 2 rings (SSSR count). The molecule has 5 nitrogen and oxygen atoms in total. The molecular formula is C12H16N2O3. The van der Waals surface area contributed by atoms with E-state index in [1.807, 2.05) is 0 Å². The van der Waals surface area contributed by atoms with Gasteiger partial charge in [0.15, 0.2) is 0 Å². The Morgan fingerprint density at radius 2 is 2.35 bits per heavy atom. The Morgan fingerprint density at radius 3 is 2.94 bits per heavy atom. The first-order valence-corrected chi connectivity index (χ1v) is 5.69. The Morgan fingerprint density at radius 1 is 1.53 bits per heavy atom. The van der Waals surface area contributed by atoms with E-state index in [9.17, 15) is 4.79 Å². The van der Waals surface area contributed by atoms with Crippen LogP contribution in [0.25, 0.3) is 0 Å². The molecular weight excluding hydrogens is 220 g/mol. The van der Waals surface area contributed by atoms with Gasteiger partial charge in [0, 0.05) is 7.11 Å². The fourth-order valence-corrected chi connectivity index (χ4v) is 2.19. The van der Waals surface area contributed by atoms with Crippen molar-refractivity contribution in [2.45, 2.75) is 31.4 Å². The van der Waals surface area contributed by atoms with Crippen LogP contribution in [0.4, 0.5) is 5.69 Å². The van der Waals surface area contributed by atoms with Crippen LogP contribution < -0.4 is 5.32 Å². The number of hydrogen-bond acceptors (Lipinski definition) is 4. The van der Waals surface area contributed by atoms with Crippen molar-refractivity contribution in [1.29, 1.82) is 0 Å². The Hall–Kier alpha value is -1.62. The Labute approximate surface area is 99.8 Å². The van der Waals surface area contributed by atoms with Gasteiger partial charge >= 0.3 is 5.97 Å². The van der Waals surface area contributed by atoms with E-state index in [1.165, 1.54) is 6.07 Å². The average molecular weight is 236 g/mol. The number of carboxylic acid groups (broad SMARTS) is 1. The number of carbonyl (C=O) groups is 1. The largest absolute Gasteiger partial charge is 0.477 e. The van der Waals surface area contributed by atoms with Crippen LogP contribution in [0.1, 0.15) is 29.8 Å². The lowest BCUT2D eigenvalue weighted by Gasteiger charge is -2.20. The highest BCUT2D eigenvalue weighted by Gasteiger charge is 2.26. The highest BCUT2D eigenvalue weighted by atomic mass is 16.5. The third-order valence-electron chi connectivity index (χ3n) is 3.09. The number of ether oxygens (including phenoxy) is 1. The molecule has 1 aromatic heterocycles. The number of anilines is 1. The van der Waals surface area contributed by atoms with E-state index in [1.54, 1.807) is 19.4 Å². The normalized spacial score (nSPS) is 23.6. The second-order valence-electron chi connectivity index (χ2n) is 4.19. The number of aromatic carboxylic acids is 1. The van der Waals surface area contributed by atoms with Crippen LogP contribution in [0.5, 0.6) is 0 Å². The Bertz CT molecular complexity index is 391. The average Bonchev–Trinajstić information content (AvgIpc) is 2.77. The van der Waals surface area contributed by atoms with Gasteiger partial charge in [-0.3, -0.25) is 0 Å². The van der Waals surface area contributed by atoms with Crippen LogP contribution in [0.3, 0.4) is 0 Å². The summed E-state index contributed by atoms with van der Waals surface area (Å²) in [6.45, 7) is 0. The summed E-state index contributed by atoms with van der Waals surface area (Å²) < 4.78 is 5.38. The monoisotopic (exact) mass is 236 g/mol. The fourth-order valence-electron chi connectivity index (χ4n) is 2.19. The van der Waals surface area contributed by atoms with Gasteiger partial charge in [-0.1, -0.05) is 0 Å². The maximum Gasteiger partial charge on any atom is 0.354 e. The van der Waals surface area contributed by atoms with Crippen molar-refractivity contribution in [2.24, 2.45) is 0 Å². The number of nitrogens with one attached hydrogen (secondary N) is 1. The van der Waals surface area contributed by atoms with Crippen molar-refractivity contribution >= 4 is 11.7 Å². The van der Waals surface area contributed by atoms with Gasteiger partial charge in [-0.25, -0.2) is 9.78 Å². The van der Waals surface area contributed by atoms with E-state index in [0.29, 0.717) is 0 Å². The first-order chi connectivity index (χ1) is 8.20. The van der Waals surface area contributed by atoms with Crippen LogP contribution in [-0.4, -0.2) is 35.3 Å². The molecule has 1 fully saturated rings. The molecule has 1 aromatic rings. The van der Waals surface area contributed by atoms with E-state index in [4.69, 9.17) is 9.84 Å². The molecule has 1 aliphatic carbocycles. The predicted octanol–water partition coefficient (Wildman–Crippen LogP) is 1.76. The second kappa shape index (κ2) is 5.14. The zero-order valence-electron chi connectivity index (χ0n) is 9.72. The summed E-state index contributed by atoms with van der Waals surface area (Å²) in [5.41, 5.74) is 0.897. The zero-order chi connectivity index (χ0) is 12.3. The minimum Gasteiger partial charge on any atom is -0.477 e. The highest BCUT2D eigenvalue weighted by Crippen LogP contribution is 2.24. The van der Waals surface area contributed by atoms with Crippen LogP contribution in [0.15, 0.2) is 18.3 Å². The molecule has 0 bridgehead atoms. The summed E-state index contributed by atoms with van der Waals surface area (Å²) in [6.07, 6.45) is 5.06. The number of hydrogen-bond donors (Lipinski definition) is 2. The fraction of sp³-hybridized carbons (Fsp3) is 0.500. The van der Waals surface area contributed by atoms with Gasteiger partial charge in [0.1, 0.15) is 5.69 Å². The van der Waals surface area contributed by atoms with Crippen LogP contribution >= 0.6 is 0 Å². The molecule has 1 heterocycles. The number of aromatic nitrogens is 1. The molecule has 5 heteroatoms. The maximum atomic E-state index is 10.7. The van der Waals surface area contributed by atoms with E-state index >= 15 is 0 Å². The minimum absolute atomic E-state index is 0.0604. The standard InChI is InChI=1S/C12H16N2O3/c1-17-11-4-2-3-9(11)14-8-5-6-10(12(15)16)13-7-8/h5-7,9,11,14H,2-4H2,1H3,(H,15,16). The number of rotatable bonds is 4. The van der Waals surface area contributed by atoms with Gasteiger partial charge in [-0.05, 0) is 31.4 Å². The van der Waals surface area contributed by atoms with E-state index in [2.05, 4.69) is 10.3 Å². The van der Waals surface area contributed by atoms with Gasteiger partial charge in [-0.15, -0.1) is 0 Å². The molecule has 0 amide bonds. The number of nitrogens with zero attached hydrogens (tertiary/aromatic N) is 1. The van der Waals surface area contributed by atoms with E-state index in [0.717, 1.165) is 24.9 Å². The third-order valence-corrected chi connectivity index (χ3v) is 3.09. The lowest BCUT2D eigenvalue weighted by molar-refractivity contribution is 0.0690.